The second kappa shape index (κ2) is 11.2. The van der Waals surface area contributed by atoms with Crippen molar-refractivity contribution in [2.24, 2.45) is 0 Å². The van der Waals surface area contributed by atoms with Crippen molar-refractivity contribution in [1.82, 2.24) is 10.2 Å². The van der Waals surface area contributed by atoms with E-state index in [-0.39, 0.29) is 24.5 Å². The lowest BCUT2D eigenvalue weighted by atomic mass is 10.1. The Morgan fingerprint density at radius 1 is 1.00 bits per heavy atom. The summed E-state index contributed by atoms with van der Waals surface area (Å²) in [4.78, 5) is 27.6. The van der Waals surface area contributed by atoms with Crippen LogP contribution in [-0.4, -0.2) is 35.4 Å². The summed E-state index contributed by atoms with van der Waals surface area (Å²) in [6.07, 6.45) is 1.37. The van der Waals surface area contributed by atoms with Gasteiger partial charge < -0.3 is 15.0 Å². The number of benzene rings is 2. The molecular weight excluding hydrogens is 364 g/mol. The molecular formula is C24H32N2O3. The minimum absolute atomic E-state index is 0.0634. The molecule has 0 saturated carbocycles. The Hall–Kier alpha value is -2.82. The maximum absolute atomic E-state index is 13.1. The van der Waals surface area contributed by atoms with Gasteiger partial charge in [-0.1, -0.05) is 62.4 Å². The second-order valence-electron chi connectivity index (χ2n) is 7.30. The van der Waals surface area contributed by atoms with Gasteiger partial charge >= 0.3 is 0 Å². The highest BCUT2D eigenvalue weighted by Gasteiger charge is 2.29. The Morgan fingerprint density at radius 3 is 2.28 bits per heavy atom. The summed E-state index contributed by atoms with van der Waals surface area (Å²) in [6.45, 7) is 8.11. The Bertz CT molecular complexity index is 792. The van der Waals surface area contributed by atoms with E-state index in [4.69, 9.17) is 4.74 Å². The van der Waals surface area contributed by atoms with Gasteiger partial charge in [-0.2, -0.15) is 0 Å². The Labute approximate surface area is 174 Å². The number of carbonyl (C=O) groups is 2. The molecule has 2 aromatic rings. The van der Waals surface area contributed by atoms with Gasteiger partial charge in [-0.3, -0.25) is 9.59 Å². The van der Waals surface area contributed by atoms with Crippen molar-refractivity contribution in [2.45, 2.75) is 59.2 Å². The van der Waals surface area contributed by atoms with Gasteiger partial charge in [0.15, 0.2) is 6.61 Å². The van der Waals surface area contributed by atoms with E-state index in [1.165, 1.54) is 0 Å². The maximum atomic E-state index is 13.1. The molecule has 0 fully saturated rings. The summed E-state index contributed by atoms with van der Waals surface area (Å²) in [7, 11) is 0. The van der Waals surface area contributed by atoms with Crippen molar-refractivity contribution in [3.63, 3.8) is 0 Å². The summed E-state index contributed by atoms with van der Waals surface area (Å²) in [5, 5.41) is 3.01. The number of carbonyl (C=O) groups excluding carboxylic acids is 2. The first-order valence-corrected chi connectivity index (χ1v) is 10.3. The zero-order valence-electron chi connectivity index (χ0n) is 17.9. The van der Waals surface area contributed by atoms with Gasteiger partial charge in [0, 0.05) is 12.6 Å². The molecule has 2 atom stereocenters. The van der Waals surface area contributed by atoms with Crippen LogP contribution < -0.4 is 10.1 Å². The van der Waals surface area contributed by atoms with Crippen LogP contribution in [0.4, 0.5) is 0 Å². The number of para-hydroxylation sites is 1. The van der Waals surface area contributed by atoms with Crippen molar-refractivity contribution in [3.05, 3.63) is 65.7 Å². The standard InChI is InChI=1S/C24H32N2O3/c1-5-19(4)25-24(28)21(6-2)26(16-20-13-8-7-9-14-20)23(27)17-29-22-15-11-10-12-18(22)3/h7-15,19,21H,5-6,16-17H2,1-4H3,(H,25,28)/t19-,21-/m1/s1. The molecule has 0 aromatic heterocycles. The van der Waals surface area contributed by atoms with E-state index in [9.17, 15) is 9.59 Å². The van der Waals surface area contributed by atoms with Crippen LogP contribution >= 0.6 is 0 Å². The monoisotopic (exact) mass is 396 g/mol. The molecule has 5 nitrogen and oxygen atoms in total. The number of nitrogens with one attached hydrogen (secondary N) is 1. The predicted octanol–water partition coefficient (Wildman–Crippen LogP) is 4.10. The molecule has 5 heteroatoms. The lowest BCUT2D eigenvalue weighted by Gasteiger charge is -2.31. The van der Waals surface area contributed by atoms with Crippen LogP contribution in [0.15, 0.2) is 54.6 Å². The molecule has 156 valence electrons. The van der Waals surface area contributed by atoms with Crippen molar-refractivity contribution < 1.29 is 14.3 Å². The second-order valence-corrected chi connectivity index (χ2v) is 7.30. The van der Waals surface area contributed by atoms with Crippen LogP contribution in [0, 0.1) is 6.92 Å². The number of amides is 2. The van der Waals surface area contributed by atoms with Crippen LogP contribution in [0.5, 0.6) is 5.75 Å². The molecule has 0 radical (unpaired) electrons. The van der Waals surface area contributed by atoms with Crippen LogP contribution in [0.25, 0.3) is 0 Å². The average Bonchev–Trinajstić information content (AvgIpc) is 2.73. The molecule has 0 heterocycles. The minimum atomic E-state index is -0.544. The maximum Gasteiger partial charge on any atom is 0.261 e. The van der Waals surface area contributed by atoms with E-state index in [2.05, 4.69) is 5.32 Å². The third-order valence-corrected chi connectivity index (χ3v) is 5.03. The molecule has 0 aliphatic rings. The van der Waals surface area contributed by atoms with Gasteiger partial charge in [0.1, 0.15) is 11.8 Å². The van der Waals surface area contributed by atoms with Crippen LogP contribution in [0.1, 0.15) is 44.7 Å². The van der Waals surface area contributed by atoms with Gasteiger partial charge in [-0.15, -0.1) is 0 Å². The smallest absolute Gasteiger partial charge is 0.261 e. The summed E-state index contributed by atoms with van der Waals surface area (Å²) in [5.41, 5.74) is 1.95. The summed E-state index contributed by atoms with van der Waals surface area (Å²) < 4.78 is 5.77. The molecule has 2 aromatic carbocycles. The molecule has 0 unspecified atom stereocenters. The van der Waals surface area contributed by atoms with Crippen molar-refractivity contribution >= 4 is 11.8 Å². The lowest BCUT2D eigenvalue weighted by molar-refractivity contribution is -0.143. The van der Waals surface area contributed by atoms with E-state index in [0.29, 0.717) is 18.7 Å². The van der Waals surface area contributed by atoms with Gasteiger partial charge in [0.25, 0.3) is 5.91 Å². The Balaban J connectivity index is 2.19. The van der Waals surface area contributed by atoms with Crippen LogP contribution in [0.2, 0.25) is 0 Å². The third kappa shape index (κ3) is 6.63. The summed E-state index contributed by atoms with van der Waals surface area (Å²) in [5.74, 6) is 0.350. The molecule has 0 saturated heterocycles. The topological polar surface area (TPSA) is 58.6 Å². The molecule has 0 spiro atoms. The number of hydrogen-bond donors (Lipinski definition) is 1. The summed E-state index contributed by atoms with van der Waals surface area (Å²) >= 11 is 0. The average molecular weight is 397 g/mol. The molecule has 0 aliphatic carbocycles. The first kappa shape index (κ1) is 22.5. The first-order chi connectivity index (χ1) is 14.0. The number of nitrogens with zero attached hydrogens (tertiary/aromatic N) is 1. The SMILES string of the molecule is CC[C@@H](C)NC(=O)[C@@H](CC)N(Cc1ccccc1)C(=O)COc1ccccc1C. The van der Waals surface area contributed by atoms with Crippen LogP contribution in [0.3, 0.4) is 0 Å². The first-order valence-electron chi connectivity index (χ1n) is 10.3. The fourth-order valence-corrected chi connectivity index (χ4v) is 3.08. The fourth-order valence-electron chi connectivity index (χ4n) is 3.08. The molecule has 0 aliphatic heterocycles. The van der Waals surface area contributed by atoms with E-state index in [0.717, 1.165) is 17.5 Å². The minimum Gasteiger partial charge on any atom is -0.484 e. The fraction of sp³-hybridized carbons (Fsp3) is 0.417. The Kier molecular flexibility index (Phi) is 8.71. The summed E-state index contributed by atoms with van der Waals surface area (Å²) in [6, 6.07) is 16.8. The van der Waals surface area contributed by atoms with Crippen LogP contribution in [-0.2, 0) is 16.1 Å². The molecule has 2 amide bonds. The van der Waals surface area contributed by atoms with E-state index in [1.807, 2.05) is 82.3 Å². The zero-order chi connectivity index (χ0) is 21.2. The quantitative estimate of drug-likeness (QED) is 0.658. The van der Waals surface area contributed by atoms with Crippen molar-refractivity contribution in [1.29, 1.82) is 0 Å². The molecule has 1 N–H and O–H groups in total. The number of ether oxygens (including phenoxy) is 1. The molecule has 29 heavy (non-hydrogen) atoms. The Morgan fingerprint density at radius 2 is 1.66 bits per heavy atom. The molecule has 0 bridgehead atoms. The predicted molar refractivity (Wildman–Crippen MR) is 116 cm³/mol. The van der Waals surface area contributed by atoms with Gasteiger partial charge in [0.2, 0.25) is 5.91 Å². The van der Waals surface area contributed by atoms with Gasteiger partial charge in [0.05, 0.1) is 0 Å². The van der Waals surface area contributed by atoms with E-state index >= 15 is 0 Å². The largest absolute Gasteiger partial charge is 0.484 e. The lowest BCUT2D eigenvalue weighted by Crippen LogP contribution is -2.51. The normalized spacial score (nSPS) is 12.7. The third-order valence-electron chi connectivity index (χ3n) is 5.03. The van der Waals surface area contributed by atoms with Gasteiger partial charge in [-0.05, 0) is 43.9 Å². The number of hydrogen-bond acceptors (Lipinski definition) is 3. The van der Waals surface area contributed by atoms with Crippen molar-refractivity contribution in [3.8, 4) is 5.75 Å². The highest BCUT2D eigenvalue weighted by molar-refractivity contribution is 5.88. The van der Waals surface area contributed by atoms with Gasteiger partial charge in [-0.25, -0.2) is 0 Å². The highest BCUT2D eigenvalue weighted by Crippen LogP contribution is 2.18. The molecule has 2 rings (SSSR count). The zero-order valence-corrected chi connectivity index (χ0v) is 17.9. The highest BCUT2D eigenvalue weighted by atomic mass is 16.5. The number of aryl methyl sites for hydroxylation is 1. The van der Waals surface area contributed by atoms with E-state index < -0.39 is 6.04 Å². The van der Waals surface area contributed by atoms with E-state index in [1.54, 1.807) is 4.90 Å². The van der Waals surface area contributed by atoms with Crippen molar-refractivity contribution in [2.75, 3.05) is 6.61 Å². The number of rotatable bonds is 10.